The first-order valence-electron chi connectivity index (χ1n) is 2.74. The molecule has 0 atom stereocenters. The first kappa shape index (κ1) is 7.93. The van der Waals surface area contributed by atoms with Crippen molar-refractivity contribution in [2.45, 2.75) is 0 Å². The van der Waals surface area contributed by atoms with E-state index in [2.05, 4.69) is 25.9 Å². The summed E-state index contributed by atoms with van der Waals surface area (Å²) in [6.07, 6.45) is 1.07. The van der Waals surface area contributed by atoms with Gasteiger partial charge in [-0.05, 0) is 15.9 Å². The summed E-state index contributed by atoms with van der Waals surface area (Å²) in [6, 6.07) is 0. The van der Waals surface area contributed by atoms with E-state index in [0.717, 1.165) is 6.21 Å². The van der Waals surface area contributed by atoms with Crippen LogP contribution >= 0.6 is 15.9 Å². The van der Waals surface area contributed by atoms with Crippen molar-refractivity contribution >= 4 is 33.9 Å². The number of hydrogen-bond donors (Lipinski definition) is 3. The molecular formula is C5H6BrN5. The van der Waals surface area contributed by atoms with Crippen LogP contribution in [0, 0.1) is 5.41 Å². The Kier molecular flexibility index (Phi) is 2.04. The summed E-state index contributed by atoms with van der Waals surface area (Å²) in [5.41, 5.74) is 11.1. The lowest BCUT2D eigenvalue weighted by molar-refractivity contribution is 1.16. The Balaban J connectivity index is 3.36. The van der Waals surface area contributed by atoms with Crippen molar-refractivity contribution in [3.8, 4) is 0 Å². The molecule has 1 aromatic heterocycles. The molecule has 1 heterocycles. The van der Waals surface area contributed by atoms with E-state index in [1.807, 2.05) is 0 Å². The Morgan fingerprint density at radius 3 is 2.45 bits per heavy atom. The second-order valence-corrected chi connectivity index (χ2v) is 2.57. The number of anilines is 2. The maximum atomic E-state index is 6.94. The summed E-state index contributed by atoms with van der Waals surface area (Å²) >= 11 is 3.10. The number of nitrogens with one attached hydrogen (secondary N) is 1. The second-order valence-electron chi connectivity index (χ2n) is 1.82. The van der Waals surface area contributed by atoms with Crippen LogP contribution < -0.4 is 11.5 Å². The average molecular weight is 216 g/mol. The zero-order valence-electron chi connectivity index (χ0n) is 5.50. The number of nitrogens with two attached hydrogens (primary N) is 2. The summed E-state index contributed by atoms with van der Waals surface area (Å²) in [6.45, 7) is 0. The molecule has 0 saturated carbocycles. The standard InChI is InChI=1S/C5H6BrN5/c6-3-2(1-7)4(8)11-5(9)10-3/h1,7H,(H4,8,9,10,11). The molecule has 1 aromatic rings. The lowest BCUT2D eigenvalue weighted by Gasteiger charge is -2.00. The van der Waals surface area contributed by atoms with E-state index in [1.54, 1.807) is 0 Å². The quantitative estimate of drug-likeness (QED) is 0.467. The number of nitrogen functional groups attached to an aromatic ring is 2. The molecule has 5 N–H and O–H groups in total. The Morgan fingerprint density at radius 2 is 2.00 bits per heavy atom. The molecule has 0 bridgehead atoms. The average Bonchev–Trinajstić information content (AvgIpc) is 1.85. The Hall–Kier alpha value is -1.17. The van der Waals surface area contributed by atoms with E-state index in [4.69, 9.17) is 16.9 Å². The van der Waals surface area contributed by atoms with Crippen molar-refractivity contribution in [2.75, 3.05) is 11.5 Å². The monoisotopic (exact) mass is 215 g/mol. The first-order chi connectivity index (χ1) is 5.15. The summed E-state index contributed by atoms with van der Waals surface area (Å²) in [4.78, 5) is 7.43. The predicted octanol–water partition coefficient (Wildman–Crippen LogP) is 0.401. The highest BCUT2D eigenvalue weighted by Gasteiger charge is 2.05. The zero-order chi connectivity index (χ0) is 8.43. The molecule has 6 heteroatoms. The Morgan fingerprint density at radius 1 is 1.36 bits per heavy atom. The molecule has 0 amide bonds. The molecule has 5 nitrogen and oxygen atoms in total. The van der Waals surface area contributed by atoms with Crippen molar-refractivity contribution in [3.05, 3.63) is 10.2 Å². The lowest BCUT2D eigenvalue weighted by atomic mass is 10.3. The maximum Gasteiger partial charge on any atom is 0.223 e. The van der Waals surface area contributed by atoms with Gasteiger partial charge in [0.1, 0.15) is 10.4 Å². The van der Waals surface area contributed by atoms with Crippen molar-refractivity contribution in [2.24, 2.45) is 0 Å². The van der Waals surface area contributed by atoms with Gasteiger partial charge in [0.15, 0.2) is 0 Å². The summed E-state index contributed by atoms with van der Waals surface area (Å²) in [5.74, 6) is 0.305. The number of nitrogens with zero attached hydrogens (tertiary/aromatic N) is 2. The topological polar surface area (TPSA) is 102 Å². The van der Waals surface area contributed by atoms with Gasteiger partial charge in [-0.1, -0.05) is 0 Å². The number of aromatic nitrogens is 2. The van der Waals surface area contributed by atoms with E-state index in [9.17, 15) is 0 Å². The van der Waals surface area contributed by atoms with E-state index >= 15 is 0 Å². The van der Waals surface area contributed by atoms with Crippen molar-refractivity contribution in [1.82, 2.24) is 9.97 Å². The van der Waals surface area contributed by atoms with Crippen LogP contribution in [0.3, 0.4) is 0 Å². The van der Waals surface area contributed by atoms with Crippen LogP contribution in [0.2, 0.25) is 0 Å². The molecule has 1 rings (SSSR count). The molecule has 0 saturated heterocycles. The van der Waals surface area contributed by atoms with E-state index in [-0.39, 0.29) is 11.8 Å². The summed E-state index contributed by atoms with van der Waals surface area (Å²) in [5, 5.41) is 6.94. The minimum absolute atomic E-state index is 0.0972. The van der Waals surface area contributed by atoms with Gasteiger partial charge >= 0.3 is 0 Å². The molecule has 0 spiro atoms. The molecule has 0 fully saturated rings. The van der Waals surface area contributed by atoms with E-state index in [0.29, 0.717) is 10.2 Å². The SMILES string of the molecule is N=Cc1c(N)nc(N)nc1Br. The third-order valence-corrected chi connectivity index (χ3v) is 1.69. The van der Waals surface area contributed by atoms with Crippen molar-refractivity contribution in [1.29, 1.82) is 5.41 Å². The van der Waals surface area contributed by atoms with Gasteiger partial charge in [0.05, 0.1) is 5.56 Å². The van der Waals surface area contributed by atoms with Crippen LogP contribution in [0.25, 0.3) is 0 Å². The third kappa shape index (κ3) is 1.45. The number of rotatable bonds is 1. The fourth-order valence-corrected chi connectivity index (χ4v) is 1.11. The Bertz CT molecular complexity index is 274. The molecule has 0 aromatic carbocycles. The molecule has 0 aliphatic carbocycles. The Labute approximate surface area is 71.5 Å². The van der Waals surface area contributed by atoms with E-state index in [1.165, 1.54) is 0 Å². The first-order valence-corrected chi connectivity index (χ1v) is 3.53. The van der Waals surface area contributed by atoms with Crippen LogP contribution in [0.15, 0.2) is 4.60 Å². The van der Waals surface area contributed by atoms with Gasteiger partial charge in [0.2, 0.25) is 5.95 Å². The normalized spacial score (nSPS) is 9.55. The van der Waals surface area contributed by atoms with Gasteiger partial charge in [-0.15, -0.1) is 0 Å². The maximum absolute atomic E-state index is 6.94. The fourth-order valence-electron chi connectivity index (χ4n) is 0.609. The van der Waals surface area contributed by atoms with Gasteiger partial charge in [0.25, 0.3) is 0 Å². The van der Waals surface area contributed by atoms with Crippen LogP contribution in [0.5, 0.6) is 0 Å². The molecule has 0 radical (unpaired) electrons. The molecule has 11 heavy (non-hydrogen) atoms. The molecular weight excluding hydrogens is 210 g/mol. The molecule has 0 aliphatic rings. The number of halogens is 1. The van der Waals surface area contributed by atoms with Crippen LogP contribution in [0.4, 0.5) is 11.8 Å². The van der Waals surface area contributed by atoms with Crippen LogP contribution in [0.1, 0.15) is 5.56 Å². The summed E-state index contributed by atoms with van der Waals surface area (Å²) in [7, 11) is 0. The van der Waals surface area contributed by atoms with Gasteiger partial charge in [-0.25, -0.2) is 4.98 Å². The molecule has 0 aliphatic heterocycles. The highest BCUT2D eigenvalue weighted by Crippen LogP contribution is 2.17. The van der Waals surface area contributed by atoms with Gasteiger partial charge in [-0.3, -0.25) is 0 Å². The minimum Gasteiger partial charge on any atom is -0.383 e. The van der Waals surface area contributed by atoms with Gasteiger partial charge in [0, 0.05) is 6.21 Å². The second kappa shape index (κ2) is 2.83. The van der Waals surface area contributed by atoms with Crippen LogP contribution in [-0.2, 0) is 0 Å². The third-order valence-electron chi connectivity index (χ3n) is 1.09. The summed E-state index contributed by atoms with van der Waals surface area (Å²) < 4.78 is 0.442. The lowest BCUT2D eigenvalue weighted by Crippen LogP contribution is -2.04. The minimum atomic E-state index is 0.0972. The van der Waals surface area contributed by atoms with Crippen molar-refractivity contribution < 1.29 is 0 Å². The van der Waals surface area contributed by atoms with Crippen molar-refractivity contribution in [3.63, 3.8) is 0 Å². The molecule has 58 valence electrons. The van der Waals surface area contributed by atoms with Gasteiger partial charge in [-0.2, -0.15) is 4.98 Å². The smallest absolute Gasteiger partial charge is 0.223 e. The predicted molar refractivity (Wildman–Crippen MR) is 46.4 cm³/mol. The van der Waals surface area contributed by atoms with E-state index < -0.39 is 0 Å². The zero-order valence-corrected chi connectivity index (χ0v) is 7.09. The fraction of sp³-hybridized carbons (Fsp3) is 0. The highest BCUT2D eigenvalue weighted by atomic mass is 79.9. The van der Waals surface area contributed by atoms with Gasteiger partial charge < -0.3 is 16.9 Å². The highest BCUT2D eigenvalue weighted by molar-refractivity contribution is 9.10. The van der Waals surface area contributed by atoms with Crippen LogP contribution in [-0.4, -0.2) is 16.2 Å². The number of hydrogen-bond acceptors (Lipinski definition) is 5. The molecule has 0 unspecified atom stereocenters. The largest absolute Gasteiger partial charge is 0.383 e.